The van der Waals surface area contributed by atoms with Gasteiger partial charge in [-0.2, -0.15) is 0 Å². The summed E-state index contributed by atoms with van der Waals surface area (Å²) in [7, 11) is 1.79. The Labute approximate surface area is 143 Å². The molecule has 2 aromatic rings. The van der Waals surface area contributed by atoms with E-state index in [1.165, 1.54) is 5.52 Å². The number of rotatable bonds is 5. The van der Waals surface area contributed by atoms with E-state index in [9.17, 15) is 0 Å². The molecular formula is C15H24IN5. The molecule has 2 rings (SSSR count). The Hall–Kier alpha value is -1.31. The number of aliphatic imine (C=N–C) groups is 1. The number of fused-ring (bicyclic) bond motifs is 1. The van der Waals surface area contributed by atoms with Crippen LogP contribution in [0.25, 0.3) is 11.0 Å². The quantitative estimate of drug-likeness (QED) is 0.460. The summed E-state index contributed by atoms with van der Waals surface area (Å²) < 4.78 is 2.23. The smallest absolute Gasteiger partial charge is 0.191 e. The van der Waals surface area contributed by atoms with Crippen molar-refractivity contribution in [1.82, 2.24) is 20.2 Å². The first kappa shape index (κ1) is 17.7. The number of hydrogen-bond acceptors (Lipinski definition) is 2. The van der Waals surface area contributed by atoms with E-state index in [1.54, 1.807) is 7.05 Å². The van der Waals surface area contributed by atoms with E-state index >= 15 is 0 Å². The number of halogens is 1. The molecule has 0 fully saturated rings. The summed E-state index contributed by atoms with van der Waals surface area (Å²) in [5, 5.41) is 6.59. The Bertz CT molecular complexity index is 591. The van der Waals surface area contributed by atoms with E-state index < -0.39 is 0 Å². The van der Waals surface area contributed by atoms with Gasteiger partial charge in [-0.1, -0.05) is 19.1 Å². The molecule has 0 radical (unpaired) electrons. The van der Waals surface area contributed by atoms with Crippen molar-refractivity contribution in [3.63, 3.8) is 0 Å². The van der Waals surface area contributed by atoms with E-state index in [1.807, 2.05) is 19.1 Å². The van der Waals surface area contributed by atoms with Crippen LogP contribution in [0.15, 0.2) is 29.3 Å². The van der Waals surface area contributed by atoms with Crippen molar-refractivity contribution in [2.45, 2.75) is 26.8 Å². The van der Waals surface area contributed by atoms with Crippen molar-refractivity contribution in [1.29, 1.82) is 0 Å². The number of aryl methyl sites for hydroxylation is 1. The standard InChI is InChI=1S/C15H23N5.HI/c1-4-9-17-15(16-3)18-10-11-20-12(2)19-13-7-5-6-8-14(13)20;/h5-8H,4,9-11H2,1-3H3,(H2,16,17,18);1H. The predicted octanol–water partition coefficient (Wildman–Crippen LogP) is 2.54. The van der Waals surface area contributed by atoms with E-state index in [4.69, 9.17) is 0 Å². The fourth-order valence-electron chi connectivity index (χ4n) is 2.23. The second-order valence-corrected chi connectivity index (χ2v) is 4.73. The van der Waals surface area contributed by atoms with Crippen molar-refractivity contribution in [2.75, 3.05) is 20.1 Å². The molecule has 1 aromatic heterocycles. The minimum absolute atomic E-state index is 0. The Morgan fingerprint density at radius 3 is 2.67 bits per heavy atom. The van der Waals surface area contributed by atoms with Crippen LogP contribution in [0, 0.1) is 6.92 Å². The first-order valence-corrected chi connectivity index (χ1v) is 7.12. The average molecular weight is 401 g/mol. The molecule has 0 bridgehead atoms. The van der Waals surface area contributed by atoms with Crippen molar-refractivity contribution >= 4 is 41.0 Å². The molecule has 1 aromatic carbocycles. The van der Waals surface area contributed by atoms with Crippen LogP contribution < -0.4 is 10.6 Å². The minimum atomic E-state index is 0. The molecule has 0 aliphatic rings. The SMILES string of the molecule is CCCNC(=NC)NCCn1c(C)nc2ccccc21.I. The van der Waals surface area contributed by atoms with E-state index in [2.05, 4.69) is 44.2 Å². The van der Waals surface area contributed by atoms with Gasteiger partial charge >= 0.3 is 0 Å². The van der Waals surface area contributed by atoms with Crippen LogP contribution in [0.1, 0.15) is 19.2 Å². The third-order valence-electron chi connectivity index (χ3n) is 3.24. The molecule has 0 saturated heterocycles. The van der Waals surface area contributed by atoms with Crippen LogP contribution in [0.4, 0.5) is 0 Å². The third kappa shape index (κ3) is 4.59. The number of imidazole rings is 1. The lowest BCUT2D eigenvalue weighted by Crippen LogP contribution is -2.39. The largest absolute Gasteiger partial charge is 0.356 e. The summed E-state index contributed by atoms with van der Waals surface area (Å²) in [5.41, 5.74) is 2.24. The molecule has 116 valence electrons. The molecule has 0 unspecified atom stereocenters. The van der Waals surface area contributed by atoms with Gasteiger partial charge in [0.1, 0.15) is 5.82 Å². The van der Waals surface area contributed by atoms with Crippen LogP contribution in [0.5, 0.6) is 0 Å². The molecule has 0 spiro atoms. The second-order valence-electron chi connectivity index (χ2n) is 4.73. The van der Waals surface area contributed by atoms with Gasteiger partial charge in [0, 0.05) is 26.7 Å². The van der Waals surface area contributed by atoms with Gasteiger partial charge in [0.25, 0.3) is 0 Å². The molecule has 0 aliphatic heterocycles. The summed E-state index contributed by atoms with van der Waals surface area (Å²) in [6, 6.07) is 8.23. The van der Waals surface area contributed by atoms with Gasteiger partial charge in [-0.15, -0.1) is 24.0 Å². The summed E-state index contributed by atoms with van der Waals surface area (Å²) in [5.74, 6) is 1.90. The minimum Gasteiger partial charge on any atom is -0.356 e. The lowest BCUT2D eigenvalue weighted by Gasteiger charge is -2.12. The summed E-state index contributed by atoms with van der Waals surface area (Å²) in [6.07, 6.45) is 1.09. The van der Waals surface area contributed by atoms with Gasteiger partial charge in [-0.25, -0.2) is 4.98 Å². The number of nitrogens with one attached hydrogen (secondary N) is 2. The molecule has 2 N–H and O–H groups in total. The molecule has 6 heteroatoms. The first-order chi connectivity index (χ1) is 9.76. The van der Waals surface area contributed by atoms with Gasteiger partial charge in [-0.3, -0.25) is 4.99 Å². The first-order valence-electron chi connectivity index (χ1n) is 7.12. The molecule has 5 nitrogen and oxygen atoms in total. The Morgan fingerprint density at radius 2 is 1.95 bits per heavy atom. The fourth-order valence-corrected chi connectivity index (χ4v) is 2.23. The maximum atomic E-state index is 4.57. The molecular weight excluding hydrogens is 377 g/mol. The Balaban J connectivity index is 0.00000220. The Morgan fingerprint density at radius 1 is 1.24 bits per heavy atom. The Kier molecular flexibility index (Phi) is 7.49. The molecule has 21 heavy (non-hydrogen) atoms. The van der Waals surface area contributed by atoms with Crippen LogP contribution >= 0.6 is 24.0 Å². The number of para-hydroxylation sites is 2. The number of aromatic nitrogens is 2. The van der Waals surface area contributed by atoms with Crippen LogP contribution in [0.3, 0.4) is 0 Å². The van der Waals surface area contributed by atoms with E-state index in [-0.39, 0.29) is 24.0 Å². The molecule has 0 amide bonds. The zero-order chi connectivity index (χ0) is 14.4. The van der Waals surface area contributed by atoms with Gasteiger partial charge in [0.2, 0.25) is 0 Å². The van der Waals surface area contributed by atoms with Crippen molar-refractivity contribution in [3.8, 4) is 0 Å². The molecule has 0 atom stereocenters. The monoisotopic (exact) mass is 401 g/mol. The number of nitrogens with zero attached hydrogens (tertiary/aromatic N) is 3. The zero-order valence-corrected chi connectivity index (χ0v) is 15.2. The maximum Gasteiger partial charge on any atom is 0.191 e. The number of benzene rings is 1. The van der Waals surface area contributed by atoms with Crippen LogP contribution in [0.2, 0.25) is 0 Å². The van der Waals surface area contributed by atoms with E-state index in [0.717, 1.165) is 43.4 Å². The highest BCUT2D eigenvalue weighted by molar-refractivity contribution is 14.0. The van der Waals surface area contributed by atoms with Crippen molar-refractivity contribution in [3.05, 3.63) is 30.1 Å². The van der Waals surface area contributed by atoms with Crippen LogP contribution in [-0.2, 0) is 6.54 Å². The third-order valence-corrected chi connectivity index (χ3v) is 3.24. The van der Waals surface area contributed by atoms with Gasteiger partial charge in [-0.05, 0) is 25.5 Å². The molecule has 1 heterocycles. The number of guanidine groups is 1. The van der Waals surface area contributed by atoms with Crippen molar-refractivity contribution < 1.29 is 0 Å². The molecule has 0 saturated carbocycles. The fraction of sp³-hybridized carbons (Fsp3) is 0.467. The zero-order valence-electron chi connectivity index (χ0n) is 12.9. The second kappa shape index (κ2) is 8.86. The van der Waals surface area contributed by atoms with Gasteiger partial charge in [0.05, 0.1) is 11.0 Å². The maximum absolute atomic E-state index is 4.57. The van der Waals surface area contributed by atoms with E-state index in [0.29, 0.717) is 0 Å². The van der Waals surface area contributed by atoms with Gasteiger partial charge < -0.3 is 15.2 Å². The topological polar surface area (TPSA) is 54.2 Å². The highest BCUT2D eigenvalue weighted by Crippen LogP contribution is 2.14. The average Bonchev–Trinajstić information content (AvgIpc) is 2.78. The van der Waals surface area contributed by atoms with Crippen molar-refractivity contribution in [2.24, 2.45) is 4.99 Å². The lowest BCUT2D eigenvalue weighted by molar-refractivity contribution is 0.659. The van der Waals surface area contributed by atoms with Crippen LogP contribution in [-0.4, -0.2) is 35.6 Å². The lowest BCUT2D eigenvalue weighted by atomic mass is 10.3. The summed E-state index contributed by atoms with van der Waals surface area (Å²) in [4.78, 5) is 8.77. The predicted molar refractivity (Wildman–Crippen MR) is 99.5 cm³/mol. The number of hydrogen-bond donors (Lipinski definition) is 2. The summed E-state index contributed by atoms with van der Waals surface area (Å²) >= 11 is 0. The normalized spacial score (nSPS) is 11.3. The summed E-state index contributed by atoms with van der Waals surface area (Å²) in [6.45, 7) is 6.82. The highest BCUT2D eigenvalue weighted by Gasteiger charge is 2.06. The van der Waals surface area contributed by atoms with Gasteiger partial charge in [0.15, 0.2) is 5.96 Å². The molecule has 0 aliphatic carbocycles. The highest BCUT2D eigenvalue weighted by atomic mass is 127.